The zero-order chi connectivity index (χ0) is 17.7. The van der Waals surface area contributed by atoms with Crippen molar-refractivity contribution in [2.45, 2.75) is 6.92 Å². The van der Waals surface area contributed by atoms with Gasteiger partial charge < -0.3 is 0 Å². The molecule has 0 bridgehead atoms. The van der Waals surface area contributed by atoms with Gasteiger partial charge in [-0.25, -0.2) is 0 Å². The van der Waals surface area contributed by atoms with E-state index in [1.165, 1.54) is 0 Å². The van der Waals surface area contributed by atoms with Crippen LogP contribution in [0.4, 0.5) is 10.5 Å². The molecule has 0 saturated heterocycles. The van der Waals surface area contributed by atoms with Crippen LogP contribution in [0.3, 0.4) is 0 Å². The maximum atomic E-state index is 13.0. The number of amides is 1. The van der Waals surface area contributed by atoms with E-state index >= 15 is 0 Å². The number of hydrogen-bond acceptors (Lipinski definition) is 3. The fourth-order valence-electron chi connectivity index (χ4n) is 4.15. The molecule has 0 N–H and O–H groups in total. The molecule has 5 rings (SSSR count). The number of hydrogen-bond donors (Lipinski definition) is 0. The summed E-state index contributed by atoms with van der Waals surface area (Å²) in [6.45, 7) is 2.19. The zero-order valence-electron chi connectivity index (χ0n) is 14.3. The summed E-state index contributed by atoms with van der Waals surface area (Å²) in [6.07, 6.45) is -0.288. The second-order valence-corrected chi connectivity index (χ2v) is 9.84. The summed E-state index contributed by atoms with van der Waals surface area (Å²) in [5, 5.41) is 3.40. The Balaban J connectivity index is 1.87. The minimum absolute atomic E-state index is 0.288. The van der Waals surface area contributed by atoms with Gasteiger partial charge in [-0.1, -0.05) is 0 Å². The Morgan fingerprint density at radius 2 is 1.69 bits per heavy atom. The Hall–Kier alpha value is -2.84. The fraction of sp³-hybridized carbons (Fsp3) is 0.0952. The molecule has 0 aliphatic carbocycles. The predicted octanol–water partition coefficient (Wildman–Crippen LogP) is 3.71. The van der Waals surface area contributed by atoms with Gasteiger partial charge in [0.2, 0.25) is 0 Å². The van der Waals surface area contributed by atoms with E-state index in [-0.39, 0.29) is 6.09 Å². The van der Waals surface area contributed by atoms with E-state index in [0.29, 0.717) is 6.61 Å². The van der Waals surface area contributed by atoms with Crippen LogP contribution in [0.5, 0.6) is 11.5 Å². The van der Waals surface area contributed by atoms with E-state index in [1.54, 1.807) is 0 Å². The molecule has 3 aromatic carbocycles. The summed E-state index contributed by atoms with van der Waals surface area (Å²) in [7, 11) is -2.69. The molecule has 5 heteroatoms. The van der Waals surface area contributed by atoms with Crippen LogP contribution in [0.2, 0.25) is 0 Å². The van der Waals surface area contributed by atoms with Gasteiger partial charge in [0.25, 0.3) is 0 Å². The number of carbonyl (C=O) groups excluding carboxylic acids is 1. The topological polar surface area (TPSA) is 38.8 Å². The number of anilines is 1. The number of rotatable bonds is 2. The molecule has 130 valence electrons. The standard InChI is InChI=1S/C21H18NO3P/c1-2-24-21(23)22-16-11-8-13-18-20(16)26(22,15-9-4-3-5-10-15)19-14-7-6-12-17(19)25-18/h3-14,26H,2H2,1H3. The van der Waals surface area contributed by atoms with Gasteiger partial charge in [0, 0.05) is 0 Å². The Kier molecular flexibility index (Phi) is 3.31. The van der Waals surface area contributed by atoms with Crippen LogP contribution in [0.15, 0.2) is 72.8 Å². The first-order chi connectivity index (χ1) is 12.8. The van der Waals surface area contributed by atoms with Crippen molar-refractivity contribution in [2.24, 2.45) is 0 Å². The first-order valence-electron chi connectivity index (χ1n) is 8.72. The molecule has 3 aromatic rings. The summed E-state index contributed by atoms with van der Waals surface area (Å²) in [6, 6.07) is 24.2. The van der Waals surface area contributed by atoms with Crippen molar-refractivity contribution in [3.63, 3.8) is 0 Å². The Morgan fingerprint density at radius 3 is 2.50 bits per heavy atom. The van der Waals surface area contributed by atoms with Gasteiger partial charge in [-0.2, -0.15) is 0 Å². The van der Waals surface area contributed by atoms with E-state index in [1.807, 2.05) is 66.2 Å². The number of nitrogens with zero attached hydrogens (tertiary/aromatic N) is 1. The second-order valence-electron chi connectivity index (χ2n) is 6.36. The molecule has 0 saturated carbocycles. The molecule has 0 fully saturated rings. The zero-order valence-corrected chi connectivity index (χ0v) is 15.3. The molecule has 0 atom stereocenters. The molecule has 2 heterocycles. The van der Waals surface area contributed by atoms with Crippen LogP contribution in [0.25, 0.3) is 0 Å². The van der Waals surface area contributed by atoms with Crippen LogP contribution in [-0.4, -0.2) is 12.7 Å². The number of para-hydroxylation sites is 1. The molecule has 4 nitrogen and oxygen atoms in total. The molecule has 0 aromatic heterocycles. The van der Waals surface area contributed by atoms with Gasteiger partial charge >= 0.3 is 152 Å². The number of ether oxygens (including phenoxy) is 2. The van der Waals surface area contributed by atoms with Crippen molar-refractivity contribution in [2.75, 3.05) is 11.3 Å². The van der Waals surface area contributed by atoms with Gasteiger partial charge in [0.15, 0.2) is 0 Å². The van der Waals surface area contributed by atoms with Crippen molar-refractivity contribution in [1.82, 2.24) is 0 Å². The quantitative estimate of drug-likeness (QED) is 0.652. The molecule has 0 radical (unpaired) electrons. The summed E-state index contributed by atoms with van der Waals surface area (Å²) in [4.78, 5) is 13.0. The first-order valence-corrected chi connectivity index (χ1v) is 10.7. The van der Waals surface area contributed by atoms with Crippen LogP contribution < -0.4 is 25.3 Å². The Bertz CT molecular complexity index is 1020. The van der Waals surface area contributed by atoms with E-state index in [0.717, 1.165) is 33.1 Å². The van der Waals surface area contributed by atoms with E-state index in [9.17, 15) is 4.79 Å². The van der Waals surface area contributed by atoms with E-state index in [2.05, 4.69) is 18.2 Å². The number of carbonyl (C=O) groups is 1. The maximum absolute atomic E-state index is 13.0. The van der Waals surface area contributed by atoms with Crippen molar-refractivity contribution >= 4 is 35.1 Å². The van der Waals surface area contributed by atoms with Gasteiger partial charge in [0.05, 0.1) is 0 Å². The Morgan fingerprint density at radius 1 is 0.962 bits per heavy atom. The SMILES string of the molecule is CCOC(=O)N1c2cccc3c2[PH]1(c1ccccc1)c1ccccc1O3. The first kappa shape index (κ1) is 15.4. The van der Waals surface area contributed by atoms with Crippen molar-refractivity contribution in [3.05, 3.63) is 72.8 Å². The third kappa shape index (κ3) is 1.80. The van der Waals surface area contributed by atoms with Crippen molar-refractivity contribution in [1.29, 1.82) is 0 Å². The second kappa shape index (κ2) is 5.58. The van der Waals surface area contributed by atoms with E-state index < -0.39 is 7.41 Å². The van der Waals surface area contributed by atoms with Crippen molar-refractivity contribution < 1.29 is 14.3 Å². The monoisotopic (exact) mass is 363 g/mol. The van der Waals surface area contributed by atoms with Gasteiger partial charge in [-0.3, -0.25) is 0 Å². The van der Waals surface area contributed by atoms with Crippen LogP contribution >= 0.6 is 7.41 Å². The molecule has 2 aliphatic heterocycles. The van der Waals surface area contributed by atoms with Crippen molar-refractivity contribution in [3.8, 4) is 11.5 Å². The summed E-state index contributed by atoms with van der Waals surface area (Å²) >= 11 is 0. The normalized spacial score (nSPS) is 16.4. The molecular weight excluding hydrogens is 345 g/mol. The third-order valence-corrected chi connectivity index (χ3v) is 9.76. The molecular formula is C21H18NO3P. The summed E-state index contributed by atoms with van der Waals surface area (Å²) < 4.78 is 13.5. The third-order valence-electron chi connectivity index (χ3n) is 5.08. The summed E-state index contributed by atoms with van der Waals surface area (Å²) in [5.74, 6) is 1.67. The number of fused-ring (bicyclic) bond motifs is 2. The van der Waals surface area contributed by atoms with Crippen LogP contribution in [0.1, 0.15) is 6.92 Å². The van der Waals surface area contributed by atoms with Crippen LogP contribution in [-0.2, 0) is 4.74 Å². The van der Waals surface area contributed by atoms with Gasteiger partial charge in [-0.05, 0) is 0 Å². The molecule has 26 heavy (non-hydrogen) atoms. The summed E-state index contributed by atoms with van der Waals surface area (Å²) in [5.41, 5.74) is 0.894. The molecule has 1 amide bonds. The van der Waals surface area contributed by atoms with Gasteiger partial charge in [0.1, 0.15) is 0 Å². The van der Waals surface area contributed by atoms with Gasteiger partial charge in [-0.15, -0.1) is 0 Å². The molecule has 0 unspecified atom stereocenters. The number of benzene rings is 3. The predicted molar refractivity (Wildman–Crippen MR) is 106 cm³/mol. The fourth-order valence-corrected chi connectivity index (χ4v) is 9.03. The molecule has 0 spiro atoms. The van der Waals surface area contributed by atoms with E-state index in [4.69, 9.17) is 9.47 Å². The average molecular weight is 363 g/mol. The Labute approximate surface area is 152 Å². The minimum atomic E-state index is -2.69. The van der Waals surface area contributed by atoms with Crippen LogP contribution in [0, 0.1) is 0 Å². The average Bonchev–Trinajstić information content (AvgIpc) is 2.66. The molecule has 2 aliphatic rings.